The summed E-state index contributed by atoms with van der Waals surface area (Å²) in [4.78, 5) is 4.29. The SMILES string of the molecule is CCn1ccnc1CNC(C)(C)CCO. The minimum atomic E-state index is -0.0424. The molecule has 0 aromatic carbocycles. The van der Waals surface area contributed by atoms with E-state index in [1.165, 1.54) is 0 Å². The van der Waals surface area contributed by atoms with E-state index in [1.54, 1.807) is 0 Å². The molecule has 0 fully saturated rings. The van der Waals surface area contributed by atoms with Crippen LogP contribution in [0.3, 0.4) is 0 Å². The van der Waals surface area contributed by atoms with E-state index in [0.29, 0.717) is 0 Å². The van der Waals surface area contributed by atoms with Crippen LogP contribution in [0.1, 0.15) is 33.0 Å². The third-order valence-electron chi connectivity index (χ3n) is 2.60. The average molecular weight is 211 g/mol. The van der Waals surface area contributed by atoms with E-state index in [9.17, 15) is 0 Å². The number of nitrogens with zero attached hydrogens (tertiary/aromatic N) is 2. The molecular weight excluding hydrogens is 190 g/mol. The maximum absolute atomic E-state index is 8.90. The molecule has 0 bridgehead atoms. The first-order valence-electron chi connectivity index (χ1n) is 5.45. The Balaban J connectivity index is 2.49. The van der Waals surface area contributed by atoms with Crippen molar-refractivity contribution in [2.75, 3.05) is 6.61 Å². The van der Waals surface area contributed by atoms with Gasteiger partial charge in [-0.05, 0) is 27.2 Å². The molecule has 1 heterocycles. The van der Waals surface area contributed by atoms with Gasteiger partial charge in [0.15, 0.2) is 0 Å². The summed E-state index contributed by atoms with van der Waals surface area (Å²) in [7, 11) is 0. The van der Waals surface area contributed by atoms with Gasteiger partial charge in [0.1, 0.15) is 5.82 Å². The van der Waals surface area contributed by atoms with E-state index >= 15 is 0 Å². The Hall–Kier alpha value is -0.870. The second-order valence-electron chi connectivity index (χ2n) is 4.34. The quantitative estimate of drug-likeness (QED) is 0.742. The fourth-order valence-corrected chi connectivity index (χ4v) is 1.48. The smallest absolute Gasteiger partial charge is 0.122 e. The third kappa shape index (κ3) is 3.64. The number of aliphatic hydroxyl groups is 1. The van der Waals surface area contributed by atoms with Gasteiger partial charge >= 0.3 is 0 Å². The zero-order valence-electron chi connectivity index (χ0n) is 9.82. The normalized spacial score (nSPS) is 12.0. The Morgan fingerprint density at radius 2 is 2.27 bits per heavy atom. The zero-order chi connectivity index (χ0) is 11.3. The van der Waals surface area contributed by atoms with Crippen molar-refractivity contribution in [2.45, 2.75) is 45.8 Å². The number of aliphatic hydroxyl groups excluding tert-OH is 1. The second kappa shape index (κ2) is 5.28. The van der Waals surface area contributed by atoms with Gasteiger partial charge in [-0.15, -0.1) is 0 Å². The highest BCUT2D eigenvalue weighted by atomic mass is 16.3. The fourth-order valence-electron chi connectivity index (χ4n) is 1.48. The molecule has 0 amide bonds. The lowest BCUT2D eigenvalue weighted by Gasteiger charge is -2.25. The summed E-state index contributed by atoms with van der Waals surface area (Å²) < 4.78 is 2.11. The third-order valence-corrected chi connectivity index (χ3v) is 2.60. The highest BCUT2D eigenvalue weighted by molar-refractivity contribution is 4.93. The number of nitrogens with one attached hydrogen (secondary N) is 1. The first-order valence-corrected chi connectivity index (χ1v) is 5.45. The molecule has 0 radical (unpaired) electrons. The van der Waals surface area contributed by atoms with Gasteiger partial charge in [0, 0.05) is 31.1 Å². The van der Waals surface area contributed by atoms with Gasteiger partial charge in [0.25, 0.3) is 0 Å². The number of hydrogen-bond acceptors (Lipinski definition) is 3. The molecular formula is C11H21N3O. The number of imidazole rings is 1. The van der Waals surface area contributed by atoms with Crippen LogP contribution < -0.4 is 5.32 Å². The Bertz CT molecular complexity index is 294. The molecule has 0 atom stereocenters. The van der Waals surface area contributed by atoms with Crippen LogP contribution in [0.25, 0.3) is 0 Å². The van der Waals surface area contributed by atoms with Crippen molar-refractivity contribution in [1.82, 2.24) is 14.9 Å². The van der Waals surface area contributed by atoms with E-state index in [-0.39, 0.29) is 12.1 Å². The molecule has 0 spiro atoms. The van der Waals surface area contributed by atoms with Crippen molar-refractivity contribution >= 4 is 0 Å². The molecule has 0 aliphatic rings. The average Bonchev–Trinajstić information content (AvgIpc) is 2.62. The van der Waals surface area contributed by atoms with Crippen LogP contribution in [0.2, 0.25) is 0 Å². The highest BCUT2D eigenvalue weighted by Crippen LogP contribution is 2.08. The maximum atomic E-state index is 8.90. The molecule has 1 rings (SSSR count). The van der Waals surface area contributed by atoms with Crippen molar-refractivity contribution in [2.24, 2.45) is 0 Å². The molecule has 0 aliphatic carbocycles. The molecule has 15 heavy (non-hydrogen) atoms. The maximum Gasteiger partial charge on any atom is 0.122 e. The van der Waals surface area contributed by atoms with Gasteiger partial charge in [-0.1, -0.05) is 0 Å². The topological polar surface area (TPSA) is 50.1 Å². The molecule has 1 aromatic heterocycles. The molecule has 86 valence electrons. The van der Waals surface area contributed by atoms with Gasteiger partial charge in [0.2, 0.25) is 0 Å². The van der Waals surface area contributed by atoms with Crippen molar-refractivity contribution in [1.29, 1.82) is 0 Å². The predicted molar refractivity (Wildman–Crippen MR) is 60.5 cm³/mol. The lowest BCUT2D eigenvalue weighted by molar-refractivity contribution is 0.229. The van der Waals surface area contributed by atoms with Crippen LogP contribution in [0, 0.1) is 0 Å². The molecule has 0 saturated carbocycles. The minimum Gasteiger partial charge on any atom is -0.396 e. The minimum absolute atomic E-state index is 0.0424. The van der Waals surface area contributed by atoms with Crippen molar-refractivity contribution in [3.05, 3.63) is 18.2 Å². The van der Waals surface area contributed by atoms with Crippen LogP contribution in [0.4, 0.5) is 0 Å². The molecule has 0 aliphatic heterocycles. The Kier molecular flexibility index (Phi) is 4.29. The van der Waals surface area contributed by atoms with Crippen LogP contribution in [-0.2, 0) is 13.1 Å². The van der Waals surface area contributed by atoms with Gasteiger partial charge in [0.05, 0.1) is 6.54 Å². The summed E-state index contributed by atoms with van der Waals surface area (Å²) >= 11 is 0. The van der Waals surface area contributed by atoms with E-state index in [1.807, 2.05) is 12.4 Å². The summed E-state index contributed by atoms with van der Waals surface area (Å²) in [5.41, 5.74) is -0.0424. The van der Waals surface area contributed by atoms with Crippen LogP contribution in [-0.4, -0.2) is 26.8 Å². The molecule has 4 heteroatoms. The van der Waals surface area contributed by atoms with Gasteiger partial charge in [-0.25, -0.2) is 4.98 Å². The number of rotatable bonds is 6. The van der Waals surface area contributed by atoms with Crippen molar-refractivity contribution in [3.8, 4) is 0 Å². The summed E-state index contributed by atoms with van der Waals surface area (Å²) in [6.07, 6.45) is 4.55. The number of hydrogen-bond donors (Lipinski definition) is 2. The first kappa shape index (κ1) is 12.2. The predicted octanol–water partition coefficient (Wildman–Crippen LogP) is 1.15. The van der Waals surface area contributed by atoms with E-state index < -0.39 is 0 Å². The van der Waals surface area contributed by atoms with Gasteiger partial charge in [-0.3, -0.25) is 0 Å². The van der Waals surface area contributed by atoms with Gasteiger partial charge < -0.3 is 15.0 Å². The van der Waals surface area contributed by atoms with Crippen LogP contribution >= 0.6 is 0 Å². The standard InChI is InChI=1S/C11H21N3O/c1-4-14-7-6-12-10(14)9-13-11(2,3)5-8-15/h6-7,13,15H,4-5,8-9H2,1-3H3. The van der Waals surface area contributed by atoms with E-state index in [0.717, 1.165) is 25.3 Å². The van der Waals surface area contributed by atoms with Crippen molar-refractivity contribution < 1.29 is 5.11 Å². The largest absolute Gasteiger partial charge is 0.396 e. The second-order valence-corrected chi connectivity index (χ2v) is 4.34. The lowest BCUT2D eigenvalue weighted by Crippen LogP contribution is -2.40. The molecule has 2 N–H and O–H groups in total. The molecule has 1 aromatic rings. The lowest BCUT2D eigenvalue weighted by atomic mass is 10.0. The Labute approximate surface area is 91.3 Å². The first-order chi connectivity index (χ1) is 7.09. The highest BCUT2D eigenvalue weighted by Gasteiger charge is 2.16. The van der Waals surface area contributed by atoms with Crippen LogP contribution in [0.5, 0.6) is 0 Å². The summed E-state index contributed by atoms with van der Waals surface area (Å²) in [5.74, 6) is 1.04. The van der Waals surface area contributed by atoms with Gasteiger partial charge in [-0.2, -0.15) is 0 Å². The summed E-state index contributed by atoms with van der Waals surface area (Å²) in [6.45, 7) is 8.17. The summed E-state index contributed by atoms with van der Waals surface area (Å²) in [5, 5.41) is 12.3. The van der Waals surface area contributed by atoms with Crippen LogP contribution in [0.15, 0.2) is 12.4 Å². The number of aryl methyl sites for hydroxylation is 1. The zero-order valence-corrected chi connectivity index (χ0v) is 9.82. The summed E-state index contributed by atoms with van der Waals surface area (Å²) in [6, 6.07) is 0. The molecule has 0 unspecified atom stereocenters. The molecule has 0 saturated heterocycles. The molecule has 4 nitrogen and oxygen atoms in total. The Morgan fingerprint density at radius 1 is 1.53 bits per heavy atom. The Morgan fingerprint density at radius 3 is 2.87 bits per heavy atom. The number of aromatic nitrogens is 2. The van der Waals surface area contributed by atoms with E-state index in [2.05, 4.69) is 35.6 Å². The fraction of sp³-hybridized carbons (Fsp3) is 0.727. The monoisotopic (exact) mass is 211 g/mol. The van der Waals surface area contributed by atoms with E-state index in [4.69, 9.17) is 5.11 Å². The van der Waals surface area contributed by atoms with Crippen molar-refractivity contribution in [3.63, 3.8) is 0 Å².